The fraction of sp³-hybridized carbons (Fsp3) is 0.769. The Hall–Kier alpha value is -1.59. The minimum atomic E-state index is 0.340. The standard InChI is InChI=1S/C13H23N5O/c1-5-14-11-16-12(18-13(17-11)19-4)15-10-7-6-8(2)9(10)3/h8-10H,5-7H2,1-4H3,(H2,14,15,16,17,18). The highest BCUT2D eigenvalue weighted by Gasteiger charge is 2.30. The summed E-state index contributed by atoms with van der Waals surface area (Å²) >= 11 is 0. The molecular formula is C13H23N5O. The van der Waals surface area contributed by atoms with Gasteiger partial charge >= 0.3 is 6.01 Å². The van der Waals surface area contributed by atoms with Gasteiger partial charge in [-0.05, 0) is 31.6 Å². The van der Waals surface area contributed by atoms with Gasteiger partial charge in [0.15, 0.2) is 0 Å². The molecule has 0 saturated heterocycles. The summed E-state index contributed by atoms with van der Waals surface area (Å²) in [4.78, 5) is 12.8. The Morgan fingerprint density at radius 3 is 2.47 bits per heavy atom. The Bertz CT molecular complexity index is 425. The molecule has 3 unspecified atom stereocenters. The quantitative estimate of drug-likeness (QED) is 0.850. The molecule has 19 heavy (non-hydrogen) atoms. The van der Waals surface area contributed by atoms with Crippen molar-refractivity contribution in [3.05, 3.63) is 0 Å². The van der Waals surface area contributed by atoms with Crippen LogP contribution < -0.4 is 15.4 Å². The van der Waals surface area contributed by atoms with E-state index in [0.717, 1.165) is 18.9 Å². The van der Waals surface area contributed by atoms with Crippen molar-refractivity contribution < 1.29 is 4.74 Å². The van der Waals surface area contributed by atoms with E-state index in [1.165, 1.54) is 6.42 Å². The van der Waals surface area contributed by atoms with Crippen molar-refractivity contribution >= 4 is 11.9 Å². The average molecular weight is 265 g/mol. The third kappa shape index (κ3) is 3.24. The molecule has 1 aliphatic rings. The predicted octanol–water partition coefficient (Wildman–Crippen LogP) is 2.16. The van der Waals surface area contributed by atoms with Crippen molar-refractivity contribution in [3.63, 3.8) is 0 Å². The Kier molecular flexibility index (Phi) is 4.39. The maximum atomic E-state index is 5.11. The van der Waals surface area contributed by atoms with Crippen LogP contribution in [-0.4, -0.2) is 34.6 Å². The number of nitrogens with zero attached hydrogens (tertiary/aromatic N) is 3. The minimum absolute atomic E-state index is 0.340. The number of methoxy groups -OCH3 is 1. The molecule has 106 valence electrons. The lowest BCUT2D eigenvalue weighted by molar-refractivity contribution is 0.378. The third-order valence-electron chi connectivity index (χ3n) is 3.91. The normalized spacial score (nSPS) is 26.2. The first-order valence-electron chi connectivity index (χ1n) is 6.94. The van der Waals surface area contributed by atoms with Crippen LogP contribution in [0, 0.1) is 11.8 Å². The van der Waals surface area contributed by atoms with E-state index in [9.17, 15) is 0 Å². The van der Waals surface area contributed by atoms with Crippen molar-refractivity contribution in [2.24, 2.45) is 11.8 Å². The number of anilines is 2. The monoisotopic (exact) mass is 265 g/mol. The molecule has 0 amide bonds. The highest BCUT2D eigenvalue weighted by atomic mass is 16.5. The Labute approximate surface area is 114 Å². The zero-order valence-corrected chi connectivity index (χ0v) is 12.1. The highest BCUT2D eigenvalue weighted by Crippen LogP contribution is 2.32. The van der Waals surface area contributed by atoms with E-state index in [-0.39, 0.29) is 0 Å². The van der Waals surface area contributed by atoms with Gasteiger partial charge in [-0.25, -0.2) is 0 Å². The minimum Gasteiger partial charge on any atom is -0.467 e. The molecule has 0 aromatic carbocycles. The molecule has 0 radical (unpaired) electrons. The molecule has 2 N–H and O–H groups in total. The van der Waals surface area contributed by atoms with Gasteiger partial charge in [0.25, 0.3) is 0 Å². The summed E-state index contributed by atoms with van der Waals surface area (Å²) < 4.78 is 5.11. The molecule has 1 heterocycles. The van der Waals surface area contributed by atoms with Gasteiger partial charge in [0.05, 0.1) is 7.11 Å². The van der Waals surface area contributed by atoms with Crippen LogP contribution in [0.25, 0.3) is 0 Å². The lowest BCUT2D eigenvalue weighted by atomic mass is 9.98. The smallest absolute Gasteiger partial charge is 0.322 e. The Morgan fingerprint density at radius 1 is 1.16 bits per heavy atom. The zero-order chi connectivity index (χ0) is 13.8. The molecule has 1 fully saturated rings. The van der Waals surface area contributed by atoms with Gasteiger partial charge in [-0.15, -0.1) is 0 Å². The van der Waals surface area contributed by atoms with Crippen molar-refractivity contribution in [3.8, 4) is 6.01 Å². The van der Waals surface area contributed by atoms with Gasteiger partial charge in [0, 0.05) is 12.6 Å². The van der Waals surface area contributed by atoms with Crippen LogP contribution in [0.4, 0.5) is 11.9 Å². The number of ether oxygens (including phenoxy) is 1. The van der Waals surface area contributed by atoms with E-state index in [0.29, 0.717) is 29.9 Å². The second kappa shape index (κ2) is 6.04. The molecular weight excluding hydrogens is 242 g/mol. The van der Waals surface area contributed by atoms with E-state index >= 15 is 0 Å². The summed E-state index contributed by atoms with van der Waals surface area (Å²) in [7, 11) is 1.56. The van der Waals surface area contributed by atoms with E-state index in [4.69, 9.17) is 4.74 Å². The average Bonchev–Trinajstić information content (AvgIpc) is 2.71. The SMILES string of the molecule is CCNc1nc(NC2CCC(C)C2C)nc(OC)n1. The zero-order valence-electron chi connectivity index (χ0n) is 12.1. The van der Waals surface area contributed by atoms with E-state index in [2.05, 4.69) is 39.4 Å². The fourth-order valence-electron chi connectivity index (χ4n) is 2.48. The molecule has 6 heteroatoms. The molecule has 0 spiro atoms. The van der Waals surface area contributed by atoms with Gasteiger partial charge in [0.2, 0.25) is 11.9 Å². The summed E-state index contributed by atoms with van der Waals surface area (Å²) in [6.45, 7) is 7.34. The van der Waals surface area contributed by atoms with E-state index in [1.54, 1.807) is 7.11 Å². The summed E-state index contributed by atoms with van der Waals surface area (Å²) in [6, 6.07) is 0.767. The highest BCUT2D eigenvalue weighted by molar-refractivity contribution is 5.36. The van der Waals surface area contributed by atoms with Crippen LogP contribution in [0.3, 0.4) is 0 Å². The largest absolute Gasteiger partial charge is 0.467 e. The van der Waals surface area contributed by atoms with Gasteiger partial charge in [0.1, 0.15) is 0 Å². The van der Waals surface area contributed by atoms with Crippen LogP contribution in [0.15, 0.2) is 0 Å². The molecule has 3 atom stereocenters. The van der Waals surface area contributed by atoms with Crippen molar-refractivity contribution in [1.29, 1.82) is 0 Å². The second-order valence-electron chi connectivity index (χ2n) is 5.16. The molecule has 1 saturated carbocycles. The molecule has 1 aliphatic carbocycles. The van der Waals surface area contributed by atoms with Crippen LogP contribution in [0.2, 0.25) is 0 Å². The van der Waals surface area contributed by atoms with Crippen molar-refractivity contribution in [2.45, 2.75) is 39.7 Å². The summed E-state index contributed by atoms with van der Waals surface area (Å²) in [6.07, 6.45) is 2.41. The number of hydrogen-bond acceptors (Lipinski definition) is 6. The second-order valence-corrected chi connectivity index (χ2v) is 5.16. The lowest BCUT2D eigenvalue weighted by Gasteiger charge is -2.19. The van der Waals surface area contributed by atoms with Crippen molar-refractivity contribution in [2.75, 3.05) is 24.3 Å². The summed E-state index contributed by atoms with van der Waals surface area (Å²) in [5, 5.41) is 6.50. The van der Waals surface area contributed by atoms with Crippen LogP contribution >= 0.6 is 0 Å². The fourth-order valence-corrected chi connectivity index (χ4v) is 2.48. The van der Waals surface area contributed by atoms with E-state index in [1.807, 2.05) is 6.92 Å². The van der Waals surface area contributed by atoms with E-state index < -0.39 is 0 Å². The van der Waals surface area contributed by atoms with Crippen LogP contribution in [0.1, 0.15) is 33.6 Å². The van der Waals surface area contributed by atoms with Gasteiger partial charge < -0.3 is 15.4 Å². The maximum absolute atomic E-state index is 5.11. The maximum Gasteiger partial charge on any atom is 0.322 e. The summed E-state index contributed by atoms with van der Waals surface area (Å²) in [5.74, 6) is 2.52. The number of rotatable bonds is 5. The Morgan fingerprint density at radius 2 is 1.89 bits per heavy atom. The topological polar surface area (TPSA) is 72.0 Å². The lowest BCUT2D eigenvalue weighted by Crippen LogP contribution is -2.25. The number of hydrogen-bond donors (Lipinski definition) is 2. The molecule has 2 rings (SSSR count). The summed E-state index contributed by atoms with van der Waals surface area (Å²) in [5.41, 5.74) is 0. The van der Waals surface area contributed by atoms with Crippen molar-refractivity contribution in [1.82, 2.24) is 15.0 Å². The first-order chi connectivity index (χ1) is 9.13. The molecule has 6 nitrogen and oxygen atoms in total. The first-order valence-corrected chi connectivity index (χ1v) is 6.94. The third-order valence-corrected chi connectivity index (χ3v) is 3.91. The van der Waals surface area contributed by atoms with Gasteiger partial charge in [-0.2, -0.15) is 15.0 Å². The molecule has 0 bridgehead atoms. The molecule has 1 aromatic heterocycles. The van der Waals surface area contributed by atoms with Crippen LogP contribution in [-0.2, 0) is 0 Å². The van der Waals surface area contributed by atoms with Crippen LogP contribution in [0.5, 0.6) is 6.01 Å². The predicted molar refractivity (Wildman–Crippen MR) is 75.5 cm³/mol. The first kappa shape index (κ1) is 13.8. The number of aromatic nitrogens is 3. The molecule has 1 aromatic rings. The van der Waals surface area contributed by atoms with Gasteiger partial charge in [-0.3, -0.25) is 0 Å². The Balaban J connectivity index is 2.12. The van der Waals surface area contributed by atoms with Gasteiger partial charge in [-0.1, -0.05) is 13.8 Å². The molecule has 0 aliphatic heterocycles. The number of nitrogens with one attached hydrogen (secondary N) is 2.